The number of carbonyl (C=O) groups is 1. The molecule has 2 aromatic heterocycles. The van der Waals surface area contributed by atoms with Gasteiger partial charge in [0, 0.05) is 37.0 Å². The fraction of sp³-hybridized carbons (Fsp3) is 0.545. The van der Waals surface area contributed by atoms with Gasteiger partial charge >= 0.3 is 6.09 Å². The van der Waals surface area contributed by atoms with Crippen LogP contribution in [-0.4, -0.2) is 60.9 Å². The van der Waals surface area contributed by atoms with Crippen molar-refractivity contribution in [3.63, 3.8) is 0 Å². The van der Waals surface area contributed by atoms with E-state index in [0.29, 0.717) is 32.2 Å². The Labute approximate surface area is 187 Å². The summed E-state index contributed by atoms with van der Waals surface area (Å²) in [6, 6.07) is 7.85. The van der Waals surface area contributed by atoms with Crippen molar-refractivity contribution in [1.82, 2.24) is 15.5 Å². The number of hydrogen-bond acceptors (Lipinski definition) is 6. The minimum Gasteiger partial charge on any atom is -0.469 e. The lowest BCUT2D eigenvalue weighted by Gasteiger charge is -2.32. The predicted molar refractivity (Wildman–Crippen MR) is 121 cm³/mol. The number of guanidine groups is 1. The first-order valence-corrected chi connectivity index (χ1v) is 11.6. The number of hydrogen-bond donors (Lipinski definition) is 3. The highest BCUT2D eigenvalue weighted by atomic mass is 32.1. The maximum atomic E-state index is 11.9. The number of amides is 1. The minimum absolute atomic E-state index is 0.187. The number of aliphatic hydroxyl groups is 1. The van der Waals surface area contributed by atoms with Gasteiger partial charge in [0.25, 0.3) is 0 Å². The van der Waals surface area contributed by atoms with Gasteiger partial charge in [-0.15, -0.1) is 11.3 Å². The number of carbonyl (C=O) groups excluding carboxylic acids is 1. The molecular weight excluding hydrogens is 416 g/mol. The Hall–Kier alpha value is -2.52. The van der Waals surface area contributed by atoms with Gasteiger partial charge in [0.1, 0.15) is 11.4 Å². The van der Waals surface area contributed by atoms with Gasteiger partial charge < -0.3 is 29.8 Å². The van der Waals surface area contributed by atoms with E-state index in [2.05, 4.69) is 15.6 Å². The molecule has 9 heteroatoms. The molecule has 1 fully saturated rings. The number of nitrogens with zero attached hydrogens (tertiary/aromatic N) is 2. The average Bonchev–Trinajstić information content (AvgIpc) is 3.47. The molecule has 0 saturated carbocycles. The van der Waals surface area contributed by atoms with Crippen molar-refractivity contribution in [2.45, 2.75) is 44.8 Å². The molecule has 3 rings (SSSR count). The van der Waals surface area contributed by atoms with Crippen molar-refractivity contribution in [3.05, 3.63) is 46.5 Å². The lowest BCUT2D eigenvalue weighted by atomic mass is 10.1. The number of furan rings is 1. The van der Waals surface area contributed by atoms with Crippen molar-refractivity contribution >= 4 is 23.4 Å². The molecule has 1 unspecified atom stereocenters. The van der Waals surface area contributed by atoms with Gasteiger partial charge in [-0.05, 0) is 50.3 Å². The Morgan fingerprint density at radius 1 is 1.39 bits per heavy atom. The highest BCUT2D eigenvalue weighted by molar-refractivity contribution is 7.10. The van der Waals surface area contributed by atoms with Crippen LogP contribution in [0.5, 0.6) is 0 Å². The van der Waals surface area contributed by atoms with E-state index in [1.54, 1.807) is 18.1 Å². The van der Waals surface area contributed by atoms with E-state index in [-0.39, 0.29) is 18.7 Å². The summed E-state index contributed by atoms with van der Waals surface area (Å²) in [5, 5.41) is 19.6. The molecule has 0 bridgehead atoms. The Balaban J connectivity index is 1.58. The van der Waals surface area contributed by atoms with Crippen LogP contribution in [0.3, 0.4) is 0 Å². The van der Waals surface area contributed by atoms with E-state index in [0.717, 1.165) is 29.9 Å². The van der Waals surface area contributed by atoms with Gasteiger partial charge in [0.15, 0.2) is 5.96 Å². The number of thiophene rings is 1. The molecule has 1 aliphatic rings. The summed E-state index contributed by atoms with van der Waals surface area (Å²) in [5.41, 5.74) is -1.03. The van der Waals surface area contributed by atoms with Gasteiger partial charge in [-0.25, -0.2) is 9.79 Å². The topological polar surface area (TPSA) is 99.3 Å². The molecule has 1 aliphatic heterocycles. The maximum Gasteiger partial charge on any atom is 0.409 e. The van der Waals surface area contributed by atoms with Crippen molar-refractivity contribution in [3.8, 4) is 0 Å². The molecule has 3 heterocycles. The molecule has 0 aliphatic carbocycles. The molecule has 0 radical (unpaired) electrons. The van der Waals surface area contributed by atoms with Crippen LogP contribution in [0.15, 0.2) is 45.3 Å². The first-order valence-electron chi connectivity index (χ1n) is 10.7. The zero-order valence-corrected chi connectivity index (χ0v) is 19.0. The summed E-state index contributed by atoms with van der Waals surface area (Å²) < 4.78 is 10.5. The third kappa shape index (κ3) is 7.00. The third-order valence-electron chi connectivity index (χ3n) is 5.20. The molecular formula is C22H32N4O4S. The first-order chi connectivity index (χ1) is 15.0. The molecule has 1 saturated heterocycles. The van der Waals surface area contributed by atoms with Gasteiger partial charge in [0.2, 0.25) is 0 Å². The highest BCUT2D eigenvalue weighted by Crippen LogP contribution is 2.25. The molecule has 170 valence electrons. The van der Waals surface area contributed by atoms with Crippen LogP contribution >= 0.6 is 11.3 Å². The fourth-order valence-corrected chi connectivity index (χ4v) is 4.20. The maximum absolute atomic E-state index is 11.9. The smallest absolute Gasteiger partial charge is 0.409 e. The number of aliphatic imine (C=N–C) groups is 1. The van der Waals surface area contributed by atoms with E-state index in [4.69, 9.17) is 9.15 Å². The largest absolute Gasteiger partial charge is 0.469 e. The summed E-state index contributed by atoms with van der Waals surface area (Å²) in [6.45, 7) is 6.16. The summed E-state index contributed by atoms with van der Waals surface area (Å²) in [6.07, 6.45) is 3.75. The zero-order chi connectivity index (χ0) is 22.1. The van der Waals surface area contributed by atoms with Crippen molar-refractivity contribution in [2.24, 2.45) is 4.99 Å². The second-order valence-electron chi connectivity index (χ2n) is 7.78. The molecule has 0 spiro atoms. The average molecular weight is 449 g/mol. The van der Waals surface area contributed by atoms with E-state index in [1.807, 2.05) is 36.6 Å². The standard InChI is InChI=1S/C22H32N4O4S/c1-3-29-21(27)26-12-9-17(10-13-26)25-20(23-11-8-18-6-4-14-30-18)24-16-22(2,28)19-7-5-15-31-19/h4-7,14-15,17,28H,3,8-13,16H2,1-2H3,(H2,23,24,25). The van der Waals surface area contributed by atoms with Crippen LogP contribution in [0.25, 0.3) is 0 Å². The van der Waals surface area contributed by atoms with Crippen molar-refractivity contribution in [1.29, 1.82) is 0 Å². The Kier molecular flexibility index (Phi) is 8.36. The summed E-state index contributed by atoms with van der Waals surface area (Å²) in [7, 11) is 0. The van der Waals surface area contributed by atoms with Crippen molar-refractivity contribution in [2.75, 3.05) is 32.8 Å². The van der Waals surface area contributed by atoms with Crippen LogP contribution in [0.1, 0.15) is 37.3 Å². The molecule has 1 amide bonds. The van der Waals surface area contributed by atoms with Crippen LogP contribution in [-0.2, 0) is 16.8 Å². The van der Waals surface area contributed by atoms with Gasteiger partial charge in [-0.3, -0.25) is 0 Å². The first kappa shape index (κ1) is 23.1. The lowest BCUT2D eigenvalue weighted by Crippen LogP contribution is -2.50. The van der Waals surface area contributed by atoms with Gasteiger partial charge in [0.05, 0.1) is 19.4 Å². The summed E-state index contributed by atoms with van der Waals surface area (Å²) in [4.78, 5) is 19.2. The van der Waals surface area contributed by atoms with Crippen LogP contribution in [0, 0.1) is 0 Å². The second kappa shape index (κ2) is 11.2. The number of piperidine rings is 1. The van der Waals surface area contributed by atoms with E-state index < -0.39 is 5.60 Å². The van der Waals surface area contributed by atoms with E-state index in [1.165, 1.54) is 11.3 Å². The molecule has 0 aromatic carbocycles. The highest BCUT2D eigenvalue weighted by Gasteiger charge is 2.26. The molecule has 3 N–H and O–H groups in total. The van der Waals surface area contributed by atoms with Gasteiger partial charge in [-0.1, -0.05) is 6.07 Å². The Morgan fingerprint density at radius 3 is 2.84 bits per heavy atom. The predicted octanol–water partition coefficient (Wildman–Crippen LogP) is 2.95. The van der Waals surface area contributed by atoms with Crippen LogP contribution in [0.4, 0.5) is 4.79 Å². The Bertz CT molecular complexity index is 813. The molecule has 31 heavy (non-hydrogen) atoms. The third-order valence-corrected chi connectivity index (χ3v) is 6.33. The zero-order valence-electron chi connectivity index (χ0n) is 18.2. The molecule has 8 nitrogen and oxygen atoms in total. The van der Waals surface area contributed by atoms with E-state index >= 15 is 0 Å². The molecule has 2 aromatic rings. The normalized spacial score (nSPS) is 17.3. The second-order valence-corrected chi connectivity index (χ2v) is 8.72. The van der Waals surface area contributed by atoms with E-state index in [9.17, 15) is 9.90 Å². The SMILES string of the molecule is CCOC(=O)N1CCC(NC(=NCC(C)(O)c2cccs2)NCCc2ccco2)CC1. The summed E-state index contributed by atoms with van der Waals surface area (Å²) in [5.74, 6) is 1.55. The fourth-order valence-electron chi connectivity index (χ4n) is 3.42. The molecule has 1 atom stereocenters. The van der Waals surface area contributed by atoms with Gasteiger partial charge in [-0.2, -0.15) is 0 Å². The van der Waals surface area contributed by atoms with Crippen molar-refractivity contribution < 1.29 is 19.1 Å². The number of likely N-dealkylation sites (tertiary alicyclic amines) is 1. The number of rotatable bonds is 8. The number of ether oxygens (including phenoxy) is 1. The van der Waals surface area contributed by atoms with Crippen LogP contribution < -0.4 is 10.6 Å². The quantitative estimate of drug-likeness (QED) is 0.424. The Morgan fingerprint density at radius 2 is 2.19 bits per heavy atom. The minimum atomic E-state index is -1.03. The van der Waals surface area contributed by atoms with Crippen LogP contribution in [0.2, 0.25) is 0 Å². The lowest BCUT2D eigenvalue weighted by molar-refractivity contribution is 0.0710. The monoisotopic (exact) mass is 448 g/mol. The summed E-state index contributed by atoms with van der Waals surface area (Å²) >= 11 is 1.52. The number of nitrogens with one attached hydrogen (secondary N) is 2.